The van der Waals surface area contributed by atoms with E-state index < -0.39 is 11.9 Å². The fourth-order valence-electron chi connectivity index (χ4n) is 2.31. The molecule has 4 atom stereocenters. The van der Waals surface area contributed by atoms with E-state index in [0.717, 1.165) is 0 Å². The van der Waals surface area contributed by atoms with Gasteiger partial charge < -0.3 is 15.1 Å². The molecule has 2 aliphatic rings. The average Bonchev–Trinajstić information content (AvgIpc) is 3.01. The van der Waals surface area contributed by atoms with Crippen LogP contribution in [-0.2, 0) is 9.59 Å². The topological polar surface area (TPSA) is 77.8 Å². The predicted molar refractivity (Wildman–Crippen MR) is 55.6 cm³/mol. The molecule has 1 aliphatic carbocycles. The Hall–Kier alpha value is -1.10. The maximum Gasteiger partial charge on any atom is 0.307 e. The Balaban J connectivity index is 1.90. The van der Waals surface area contributed by atoms with Gasteiger partial charge in [0.2, 0.25) is 5.91 Å². The number of carbonyl (C=O) groups is 2. The first-order valence-electron chi connectivity index (χ1n) is 5.70. The number of nitrogens with zero attached hydrogens (tertiary/aromatic N) is 1. The molecular weight excluding hydrogens is 210 g/mol. The Morgan fingerprint density at radius 3 is 2.50 bits per heavy atom. The number of aliphatic hydroxyl groups is 1. The smallest absolute Gasteiger partial charge is 0.307 e. The van der Waals surface area contributed by atoms with Crippen molar-refractivity contribution in [1.29, 1.82) is 0 Å². The highest BCUT2D eigenvalue weighted by Crippen LogP contribution is 2.40. The molecule has 2 fully saturated rings. The summed E-state index contributed by atoms with van der Waals surface area (Å²) in [5, 5.41) is 18.3. The molecular formula is C11H17NO4. The quantitative estimate of drug-likeness (QED) is 0.692. The first-order valence-corrected chi connectivity index (χ1v) is 5.70. The Morgan fingerprint density at radius 2 is 2.00 bits per heavy atom. The van der Waals surface area contributed by atoms with Crippen LogP contribution >= 0.6 is 0 Å². The molecule has 4 unspecified atom stereocenters. The van der Waals surface area contributed by atoms with Crippen molar-refractivity contribution in [3.8, 4) is 0 Å². The molecule has 1 saturated carbocycles. The Morgan fingerprint density at radius 1 is 1.31 bits per heavy atom. The molecule has 5 nitrogen and oxygen atoms in total. The number of carboxylic acids is 1. The minimum absolute atomic E-state index is 0.0499. The standard InChI is InChI=1S/C11H17NO4/c1-6-5-12(3-2-9(6)13)10(14)7-4-8(7)11(15)16/h6-9,13H,2-5H2,1H3,(H,15,16). The van der Waals surface area contributed by atoms with E-state index in [4.69, 9.17) is 5.11 Å². The van der Waals surface area contributed by atoms with Crippen LogP contribution in [0.15, 0.2) is 0 Å². The number of likely N-dealkylation sites (tertiary alicyclic amines) is 1. The summed E-state index contributed by atoms with van der Waals surface area (Å²) in [7, 11) is 0. The maximum atomic E-state index is 11.9. The van der Waals surface area contributed by atoms with Crippen LogP contribution in [0.1, 0.15) is 19.8 Å². The largest absolute Gasteiger partial charge is 0.481 e. The molecule has 0 aromatic rings. The van der Waals surface area contributed by atoms with E-state index in [1.54, 1.807) is 4.90 Å². The van der Waals surface area contributed by atoms with Crippen LogP contribution in [0.25, 0.3) is 0 Å². The summed E-state index contributed by atoms with van der Waals surface area (Å²) in [5.74, 6) is -1.64. The number of aliphatic carboxylic acids is 1. The lowest BCUT2D eigenvalue weighted by Gasteiger charge is -2.34. The lowest BCUT2D eigenvalue weighted by molar-refractivity contribution is -0.143. The maximum absolute atomic E-state index is 11.9. The molecule has 0 spiro atoms. The number of rotatable bonds is 2. The molecule has 16 heavy (non-hydrogen) atoms. The van der Waals surface area contributed by atoms with Crippen molar-refractivity contribution >= 4 is 11.9 Å². The van der Waals surface area contributed by atoms with Gasteiger partial charge in [0, 0.05) is 13.1 Å². The summed E-state index contributed by atoms with van der Waals surface area (Å²) in [6.07, 6.45) is 0.734. The number of carboxylic acid groups (broad SMARTS) is 1. The first-order chi connectivity index (χ1) is 7.50. The van der Waals surface area contributed by atoms with Gasteiger partial charge in [0.05, 0.1) is 17.9 Å². The second-order valence-electron chi connectivity index (χ2n) is 4.90. The van der Waals surface area contributed by atoms with E-state index >= 15 is 0 Å². The lowest BCUT2D eigenvalue weighted by Crippen LogP contribution is -2.45. The number of piperidine rings is 1. The van der Waals surface area contributed by atoms with Crippen LogP contribution in [0.3, 0.4) is 0 Å². The summed E-state index contributed by atoms with van der Waals surface area (Å²) in [6, 6.07) is 0. The summed E-state index contributed by atoms with van der Waals surface area (Å²) in [6.45, 7) is 3.00. The second kappa shape index (κ2) is 4.05. The summed E-state index contributed by atoms with van der Waals surface area (Å²) >= 11 is 0. The third-order valence-electron chi connectivity index (χ3n) is 3.60. The number of aliphatic hydroxyl groups excluding tert-OH is 1. The predicted octanol–water partition coefficient (Wildman–Crippen LogP) is -0.0636. The second-order valence-corrected chi connectivity index (χ2v) is 4.90. The van der Waals surface area contributed by atoms with Gasteiger partial charge in [-0.1, -0.05) is 6.92 Å². The van der Waals surface area contributed by atoms with Crippen molar-refractivity contribution in [2.24, 2.45) is 17.8 Å². The van der Waals surface area contributed by atoms with E-state index in [1.807, 2.05) is 6.92 Å². The Kier molecular flexibility index (Phi) is 2.88. The zero-order valence-corrected chi connectivity index (χ0v) is 9.30. The van der Waals surface area contributed by atoms with Gasteiger partial charge in [-0.05, 0) is 18.8 Å². The molecule has 1 saturated heterocycles. The van der Waals surface area contributed by atoms with Gasteiger partial charge in [-0.25, -0.2) is 0 Å². The monoisotopic (exact) mass is 227 g/mol. The molecule has 5 heteroatoms. The van der Waals surface area contributed by atoms with Gasteiger partial charge in [-0.3, -0.25) is 9.59 Å². The van der Waals surface area contributed by atoms with E-state index in [9.17, 15) is 14.7 Å². The Labute approximate surface area is 94.0 Å². The SMILES string of the molecule is CC1CN(C(=O)C2CC2C(=O)O)CCC1O. The zero-order chi connectivity index (χ0) is 11.9. The van der Waals surface area contributed by atoms with Crippen molar-refractivity contribution in [3.63, 3.8) is 0 Å². The van der Waals surface area contributed by atoms with E-state index in [0.29, 0.717) is 25.9 Å². The third kappa shape index (κ3) is 2.04. The molecule has 1 amide bonds. The minimum atomic E-state index is -0.872. The highest BCUT2D eigenvalue weighted by atomic mass is 16.4. The molecule has 0 radical (unpaired) electrons. The fourth-order valence-corrected chi connectivity index (χ4v) is 2.31. The van der Waals surface area contributed by atoms with E-state index in [-0.39, 0.29) is 23.8 Å². The lowest BCUT2D eigenvalue weighted by atomic mass is 9.96. The number of hydrogen-bond acceptors (Lipinski definition) is 3. The van der Waals surface area contributed by atoms with Gasteiger partial charge in [0.25, 0.3) is 0 Å². The first kappa shape index (κ1) is 11.4. The van der Waals surface area contributed by atoms with Crippen LogP contribution in [0.5, 0.6) is 0 Å². The molecule has 90 valence electrons. The summed E-state index contributed by atoms with van der Waals surface area (Å²) in [4.78, 5) is 24.3. The molecule has 1 aliphatic heterocycles. The minimum Gasteiger partial charge on any atom is -0.481 e. The number of amides is 1. The Bertz CT molecular complexity index is 317. The van der Waals surface area contributed by atoms with Gasteiger partial charge in [0.1, 0.15) is 0 Å². The molecule has 2 N–H and O–H groups in total. The van der Waals surface area contributed by atoms with Crippen molar-refractivity contribution in [1.82, 2.24) is 4.90 Å². The highest BCUT2D eigenvalue weighted by Gasteiger charge is 2.50. The molecule has 0 aromatic carbocycles. The number of hydrogen-bond donors (Lipinski definition) is 2. The third-order valence-corrected chi connectivity index (χ3v) is 3.60. The zero-order valence-electron chi connectivity index (χ0n) is 9.30. The fraction of sp³-hybridized carbons (Fsp3) is 0.818. The molecule has 2 rings (SSSR count). The van der Waals surface area contributed by atoms with E-state index in [1.165, 1.54) is 0 Å². The summed E-state index contributed by atoms with van der Waals surface area (Å²) in [5.41, 5.74) is 0. The van der Waals surface area contributed by atoms with Gasteiger partial charge in [-0.2, -0.15) is 0 Å². The van der Waals surface area contributed by atoms with Crippen LogP contribution in [-0.4, -0.2) is 46.2 Å². The van der Waals surface area contributed by atoms with Crippen molar-refractivity contribution < 1.29 is 19.8 Å². The van der Waals surface area contributed by atoms with Crippen molar-refractivity contribution in [2.75, 3.05) is 13.1 Å². The summed E-state index contributed by atoms with van der Waals surface area (Å²) < 4.78 is 0. The van der Waals surface area contributed by atoms with Crippen LogP contribution < -0.4 is 0 Å². The van der Waals surface area contributed by atoms with E-state index in [2.05, 4.69) is 0 Å². The van der Waals surface area contributed by atoms with Crippen LogP contribution in [0.4, 0.5) is 0 Å². The van der Waals surface area contributed by atoms with Crippen LogP contribution in [0.2, 0.25) is 0 Å². The van der Waals surface area contributed by atoms with Gasteiger partial charge in [0.15, 0.2) is 0 Å². The van der Waals surface area contributed by atoms with Gasteiger partial charge in [-0.15, -0.1) is 0 Å². The molecule has 1 heterocycles. The number of carbonyl (C=O) groups excluding carboxylic acids is 1. The van der Waals surface area contributed by atoms with Crippen LogP contribution in [0, 0.1) is 17.8 Å². The normalized spacial score (nSPS) is 38.2. The van der Waals surface area contributed by atoms with Gasteiger partial charge >= 0.3 is 5.97 Å². The molecule has 0 aromatic heterocycles. The highest BCUT2D eigenvalue weighted by molar-refractivity contribution is 5.89. The average molecular weight is 227 g/mol. The van der Waals surface area contributed by atoms with Crippen molar-refractivity contribution in [2.45, 2.75) is 25.9 Å². The molecule has 0 bridgehead atoms. The van der Waals surface area contributed by atoms with Crippen molar-refractivity contribution in [3.05, 3.63) is 0 Å².